The van der Waals surface area contributed by atoms with Gasteiger partial charge in [0.05, 0.1) is 31.2 Å². The molecular formula is C15H24ClN3O4S. The van der Waals surface area contributed by atoms with Crippen LogP contribution in [0.4, 0.5) is 5.69 Å². The number of nitrogens with one attached hydrogen (secondary N) is 3. The van der Waals surface area contributed by atoms with Gasteiger partial charge in [-0.25, -0.2) is 8.42 Å². The third kappa shape index (κ3) is 6.64. The van der Waals surface area contributed by atoms with E-state index in [4.69, 9.17) is 4.74 Å². The highest BCUT2D eigenvalue weighted by Crippen LogP contribution is 2.23. The van der Waals surface area contributed by atoms with Gasteiger partial charge in [-0.2, -0.15) is 0 Å². The number of morpholine rings is 1. The standard InChI is InChI=1S/C15H23N3O4S.ClH/c1-11(17-15(19)9-12-10-22-8-7-16-12)13-5-3-4-6-14(13)18-23(2,20)21;/h3-6,11-12,16,18H,7-10H2,1-2H3,(H,17,19);1H. The number of rotatable bonds is 6. The molecule has 0 aromatic heterocycles. The van der Waals surface area contributed by atoms with E-state index < -0.39 is 10.0 Å². The topological polar surface area (TPSA) is 96.5 Å². The molecule has 0 saturated carbocycles. The Labute approximate surface area is 149 Å². The second kappa shape index (κ2) is 9.22. The van der Waals surface area contributed by atoms with Crippen LogP contribution in [0.1, 0.15) is 24.9 Å². The molecule has 1 saturated heterocycles. The quantitative estimate of drug-likeness (QED) is 0.688. The van der Waals surface area contributed by atoms with Crippen LogP contribution in [0.25, 0.3) is 0 Å². The van der Waals surface area contributed by atoms with Crippen molar-refractivity contribution < 1.29 is 17.9 Å². The van der Waals surface area contributed by atoms with E-state index in [1.54, 1.807) is 18.2 Å². The van der Waals surface area contributed by atoms with Gasteiger partial charge in [-0.1, -0.05) is 18.2 Å². The third-order valence-electron chi connectivity index (χ3n) is 3.53. The van der Waals surface area contributed by atoms with Crippen LogP contribution in [0, 0.1) is 0 Å². The number of halogens is 1. The predicted molar refractivity (Wildman–Crippen MR) is 95.9 cm³/mol. The number of benzene rings is 1. The zero-order valence-electron chi connectivity index (χ0n) is 13.7. The molecule has 1 amide bonds. The van der Waals surface area contributed by atoms with Gasteiger partial charge in [-0.05, 0) is 18.6 Å². The number of carbonyl (C=O) groups excluding carboxylic acids is 1. The van der Waals surface area contributed by atoms with Crippen molar-refractivity contribution in [1.29, 1.82) is 0 Å². The molecule has 136 valence electrons. The summed E-state index contributed by atoms with van der Waals surface area (Å²) in [5, 5.41) is 6.13. The van der Waals surface area contributed by atoms with E-state index in [1.165, 1.54) is 0 Å². The van der Waals surface area contributed by atoms with E-state index in [1.807, 2.05) is 13.0 Å². The Bertz CT molecular complexity index is 648. The van der Waals surface area contributed by atoms with Gasteiger partial charge >= 0.3 is 0 Å². The minimum absolute atomic E-state index is 0. The third-order valence-corrected chi connectivity index (χ3v) is 4.12. The van der Waals surface area contributed by atoms with Gasteiger partial charge in [0, 0.05) is 19.0 Å². The molecule has 1 aromatic rings. The fourth-order valence-corrected chi connectivity index (χ4v) is 3.11. The largest absolute Gasteiger partial charge is 0.378 e. The van der Waals surface area contributed by atoms with Crippen molar-refractivity contribution >= 4 is 34.0 Å². The van der Waals surface area contributed by atoms with Crippen LogP contribution in [-0.2, 0) is 19.6 Å². The fourth-order valence-electron chi connectivity index (χ4n) is 2.52. The molecule has 0 spiro atoms. The molecule has 7 nitrogen and oxygen atoms in total. The van der Waals surface area contributed by atoms with Gasteiger partial charge in [0.15, 0.2) is 0 Å². The summed E-state index contributed by atoms with van der Waals surface area (Å²) in [7, 11) is -3.37. The van der Waals surface area contributed by atoms with Gasteiger partial charge < -0.3 is 15.4 Å². The molecule has 2 atom stereocenters. The maximum atomic E-state index is 12.1. The SMILES string of the molecule is CC(NC(=O)CC1COCCN1)c1ccccc1NS(C)(=O)=O.Cl. The molecular weight excluding hydrogens is 354 g/mol. The first kappa shape index (κ1) is 20.7. The van der Waals surface area contributed by atoms with Crippen molar-refractivity contribution in [3.63, 3.8) is 0 Å². The van der Waals surface area contributed by atoms with E-state index in [-0.39, 0.29) is 30.4 Å². The zero-order valence-corrected chi connectivity index (χ0v) is 15.4. The summed E-state index contributed by atoms with van der Waals surface area (Å²) in [6.45, 7) is 3.76. The fraction of sp³-hybridized carbons (Fsp3) is 0.533. The van der Waals surface area contributed by atoms with Crippen LogP contribution in [0.2, 0.25) is 0 Å². The monoisotopic (exact) mass is 377 g/mol. The van der Waals surface area contributed by atoms with Crippen molar-refractivity contribution in [1.82, 2.24) is 10.6 Å². The Morgan fingerprint density at radius 2 is 2.12 bits per heavy atom. The summed E-state index contributed by atoms with van der Waals surface area (Å²) in [4.78, 5) is 12.1. The molecule has 2 unspecified atom stereocenters. The zero-order chi connectivity index (χ0) is 16.9. The smallest absolute Gasteiger partial charge is 0.229 e. The molecule has 0 radical (unpaired) electrons. The molecule has 1 aliphatic rings. The highest BCUT2D eigenvalue weighted by atomic mass is 35.5. The lowest BCUT2D eigenvalue weighted by molar-refractivity contribution is -0.122. The first-order valence-corrected chi connectivity index (χ1v) is 9.41. The second-order valence-electron chi connectivity index (χ2n) is 5.68. The average molecular weight is 378 g/mol. The summed E-state index contributed by atoms with van der Waals surface area (Å²) < 4.78 is 30.7. The number of carbonyl (C=O) groups is 1. The van der Waals surface area contributed by atoms with Crippen LogP contribution in [0.15, 0.2) is 24.3 Å². The van der Waals surface area contributed by atoms with Crippen molar-refractivity contribution in [2.45, 2.75) is 25.4 Å². The normalized spacial score (nSPS) is 19.0. The second-order valence-corrected chi connectivity index (χ2v) is 7.43. The summed E-state index contributed by atoms with van der Waals surface area (Å²) in [6, 6.07) is 6.73. The van der Waals surface area contributed by atoms with E-state index in [0.717, 1.165) is 18.4 Å². The average Bonchev–Trinajstić information content (AvgIpc) is 2.47. The first-order chi connectivity index (χ1) is 10.8. The molecule has 1 heterocycles. The van der Waals surface area contributed by atoms with Crippen LogP contribution in [0.3, 0.4) is 0 Å². The molecule has 2 rings (SSSR count). The van der Waals surface area contributed by atoms with Crippen molar-refractivity contribution in [3.8, 4) is 0 Å². The van der Waals surface area contributed by atoms with Crippen molar-refractivity contribution in [3.05, 3.63) is 29.8 Å². The van der Waals surface area contributed by atoms with E-state index in [9.17, 15) is 13.2 Å². The maximum Gasteiger partial charge on any atom is 0.229 e. The van der Waals surface area contributed by atoms with E-state index >= 15 is 0 Å². The highest BCUT2D eigenvalue weighted by Gasteiger charge is 2.19. The maximum absolute atomic E-state index is 12.1. The van der Waals surface area contributed by atoms with E-state index in [2.05, 4.69) is 15.4 Å². The van der Waals surface area contributed by atoms with Crippen molar-refractivity contribution in [2.24, 2.45) is 0 Å². The van der Waals surface area contributed by atoms with Gasteiger partial charge in [0.1, 0.15) is 0 Å². The van der Waals surface area contributed by atoms with Gasteiger partial charge in [0.25, 0.3) is 0 Å². The summed E-state index contributed by atoms with van der Waals surface area (Å²) in [6.07, 6.45) is 1.42. The molecule has 1 fully saturated rings. The molecule has 24 heavy (non-hydrogen) atoms. The Morgan fingerprint density at radius 1 is 1.42 bits per heavy atom. The Hall–Kier alpha value is -1.35. The number of para-hydroxylation sites is 1. The lowest BCUT2D eigenvalue weighted by Gasteiger charge is -2.24. The number of ether oxygens (including phenoxy) is 1. The van der Waals surface area contributed by atoms with Crippen LogP contribution < -0.4 is 15.4 Å². The minimum atomic E-state index is -3.37. The molecule has 0 aliphatic carbocycles. The Kier molecular flexibility index (Phi) is 7.95. The molecule has 1 aliphatic heterocycles. The molecule has 3 N–H and O–H groups in total. The summed E-state index contributed by atoms with van der Waals surface area (Å²) in [5.41, 5.74) is 1.20. The van der Waals surface area contributed by atoms with Gasteiger partial charge in [0.2, 0.25) is 15.9 Å². The molecule has 9 heteroatoms. The van der Waals surface area contributed by atoms with Crippen LogP contribution in [-0.4, -0.2) is 46.4 Å². The van der Waals surface area contributed by atoms with E-state index in [0.29, 0.717) is 25.3 Å². The van der Waals surface area contributed by atoms with Crippen molar-refractivity contribution in [2.75, 3.05) is 30.7 Å². The van der Waals surface area contributed by atoms with Crippen LogP contribution >= 0.6 is 12.4 Å². The molecule has 1 aromatic carbocycles. The highest BCUT2D eigenvalue weighted by molar-refractivity contribution is 7.92. The van der Waals surface area contributed by atoms with Crippen LogP contribution in [0.5, 0.6) is 0 Å². The minimum Gasteiger partial charge on any atom is -0.378 e. The molecule has 0 bridgehead atoms. The number of hydrogen-bond acceptors (Lipinski definition) is 5. The Morgan fingerprint density at radius 3 is 2.75 bits per heavy atom. The summed E-state index contributed by atoms with van der Waals surface area (Å²) in [5.74, 6) is -0.102. The predicted octanol–water partition coefficient (Wildman–Crippen LogP) is 1.04. The summed E-state index contributed by atoms with van der Waals surface area (Å²) >= 11 is 0. The number of hydrogen-bond donors (Lipinski definition) is 3. The number of amides is 1. The Balaban J connectivity index is 0.00000288. The van der Waals surface area contributed by atoms with Gasteiger partial charge in [-0.3, -0.25) is 9.52 Å². The van der Waals surface area contributed by atoms with Gasteiger partial charge in [-0.15, -0.1) is 12.4 Å². The first-order valence-electron chi connectivity index (χ1n) is 7.52. The number of sulfonamides is 1. The lowest BCUT2D eigenvalue weighted by atomic mass is 10.1. The lowest BCUT2D eigenvalue weighted by Crippen LogP contribution is -2.44. The number of anilines is 1.